The number of fused-ring (bicyclic) bond motifs is 2. The zero-order valence-corrected chi connectivity index (χ0v) is 12.6. The van der Waals surface area contributed by atoms with E-state index >= 15 is 0 Å². The molecule has 0 radical (unpaired) electrons. The van der Waals surface area contributed by atoms with E-state index in [-0.39, 0.29) is 29.3 Å². The number of carbonyl (C=O) groups excluding carboxylic acids is 2. The minimum absolute atomic E-state index is 0.180. The van der Waals surface area contributed by atoms with Crippen LogP contribution in [0.25, 0.3) is 0 Å². The van der Waals surface area contributed by atoms with Crippen molar-refractivity contribution in [2.24, 2.45) is 17.3 Å². The third-order valence-corrected chi connectivity index (χ3v) is 5.68. The average Bonchev–Trinajstić information content (AvgIpc) is 2.76. The molecule has 2 nitrogen and oxygen atoms in total. The Labute approximate surface area is 122 Å². The summed E-state index contributed by atoms with van der Waals surface area (Å²) >= 11 is 0. The molecule has 0 aromatic heterocycles. The molecule has 2 atom stereocenters. The Balaban J connectivity index is 1.63. The van der Waals surface area contributed by atoms with Crippen molar-refractivity contribution in [1.29, 1.82) is 0 Å². The van der Waals surface area contributed by atoms with Crippen LogP contribution in [0.2, 0.25) is 0 Å². The van der Waals surface area contributed by atoms with Crippen molar-refractivity contribution in [3.63, 3.8) is 0 Å². The molecule has 0 amide bonds. The lowest BCUT2D eigenvalue weighted by Crippen LogP contribution is -2.35. The second-order valence-electron chi connectivity index (χ2n) is 7.44. The molecule has 2 unspecified atom stereocenters. The Bertz CT molecular complexity index is 442. The third kappa shape index (κ3) is 2.62. The maximum Gasteiger partial charge on any atom is 0.147 e. The highest BCUT2D eigenvalue weighted by Crippen LogP contribution is 2.51. The molecule has 2 bridgehead atoms. The summed E-state index contributed by atoms with van der Waals surface area (Å²) < 4.78 is 0. The Kier molecular flexibility index (Phi) is 3.83. The van der Waals surface area contributed by atoms with Gasteiger partial charge < -0.3 is 0 Å². The molecule has 3 aliphatic carbocycles. The Morgan fingerprint density at radius 3 is 2.75 bits per heavy atom. The third-order valence-electron chi connectivity index (χ3n) is 5.68. The van der Waals surface area contributed by atoms with Gasteiger partial charge in [-0.25, -0.2) is 0 Å². The Morgan fingerprint density at radius 2 is 2.00 bits per heavy atom. The maximum atomic E-state index is 12.7. The molecule has 0 aromatic carbocycles. The molecule has 2 heteroatoms. The molecule has 2 saturated carbocycles. The summed E-state index contributed by atoms with van der Waals surface area (Å²) in [6.45, 7) is 2.24. The van der Waals surface area contributed by atoms with Crippen molar-refractivity contribution in [3.05, 3.63) is 11.6 Å². The normalized spacial score (nSPS) is 33.9. The molecule has 20 heavy (non-hydrogen) atoms. The number of rotatable bonds is 4. The quantitative estimate of drug-likeness (QED) is 0.568. The summed E-state index contributed by atoms with van der Waals surface area (Å²) in [4.78, 5) is 25.1. The van der Waals surface area contributed by atoms with Gasteiger partial charge in [-0.2, -0.15) is 0 Å². The molecule has 0 saturated heterocycles. The molecule has 0 aromatic rings. The minimum Gasteiger partial charge on any atom is -0.299 e. The zero-order chi connectivity index (χ0) is 14.2. The first-order valence-corrected chi connectivity index (χ1v) is 8.33. The van der Waals surface area contributed by atoms with Crippen LogP contribution in [-0.4, -0.2) is 11.6 Å². The number of carbonyl (C=O) groups is 2. The monoisotopic (exact) mass is 274 g/mol. The summed E-state index contributed by atoms with van der Waals surface area (Å²) in [6, 6.07) is 0. The molecule has 0 N–H and O–H groups in total. The van der Waals surface area contributed by atoms with Crippen LogP contribution >= 0.6 is 0 Å². The van der Waals surface area contributed by atoms with Crippen molar-refractivity contribution in [2.75, 3.05) is 0 Å². The van der Waals surface area contributed by atoms with Gasteiger partial charge in [-0.05, 0) is 44.4 Å². The second kappa shape index (κ2) is 5.46. The van der Waals surface area contributed by atoms with Crippen LogP contribution < -0.4 is 0 Å². The summed E-state index contributed by atoms with van der Waals surface area (Å²) in [5.74, 6) is 1.26. The van der Waals surface area contributed by atoms with Gasteiger partial charge in [0.1, 0.15) is 11.6 Å². The van der Waals surface area contributed by atoms with Crippen LogP contribution in [0.1, 0.15) is 71.1 Å². The fraction of sp³-hybridized carbons (Fsp3) is 0.778. The highest BCUT2D eigenvalue weighted by Gasteiger charge is 2.46. The Hall–Kier alpha value is -0.920. The number of hydrogen-bond donors (Lipinski definition) is 0. The molecule has 0 aliphatic heterocycles. The van der Waals surface area contributed by atoms with Gasteiger partial charge in [-0.3, -0.25) is 9.59 Å². The summed E-state index contributed by atoms with van der Waals surface area (Å²) in [5, 5.41) is 0. The zero-order valence-electron chi connectivity index (χ0n) is 12.6. The van der Waals surface area contributed by atoms with Gasteiger partial charge in [0.25, 0.3) is 0 Å². The van der Waals surface area contributed by atoms with Crippen LogP contribution in [0.15, 0.2) is 11.6 Å². The molecular formula is C18H26O2. The lowest BCUT2D eigenvalue weighted by atomic mass is 9.67. The van der Waals surface area contributed by atoms with Gasteiger partial charge in [0.2, 0.25) is 0 Å². The lowest BCUT2D eigenvalue weighted by molar-refractivity contribution is -0.136. The number of Topliss-reactive ketones (excluding diaryl/α,β-unsaturated/α-hetero) is 2. The lowest BCUT2D eigenvalue weighted by Gasteiger charge is -2.35. The summed E-state index contributed by atoms with van der Waals surface area (Å²) in [6.07, 6.45) is 12.1. The Morgan fingerprint density at radius 1 is 1.25 bits per heavy atom. The summed E-state index contributed by atoms with van der Waals surface area (Å²) in [5.41, 5.74) is 1.26. The van der Waals surface area contributed by atoms with Gasteiger partial charge in [0.15, 0.2) is 0 Å². The molecule has 3 rings (SSSR count). The number of hydrogen-bond acceptors (Lipinski definition) is 2. The van der Waals surface area contributed by atoms with Crippen LogP contribution in [0.4, 0.5) is 0 Å². The minimum atomic E-state index is -0.197. The highest BCUT2D eigenvalue weighted by atomic mass is 16.1. The molecule has 0 spiro atoms. The van der Waals surface area contributed by atoms with E-state index < -0.39 is 0 Å². The van der Waals surface area contributed by atoms with Crippen LogP contribution in [0.3, 0.4) is 0 Å². The number of ketones is 2. The van der Waals surface area contributed by atoms with Crippen molar-refractivity contribution in [2.45, 2.75) is 71.1 Å². The van der Waals surface area contributed by atoms with Crippen molar-refractivity contribution >= 4 is 11.6 Å². The molecule has 3 aliphatic rings. The standard InChI is InChI=1S/C18H26O2/c1-13-9-14-7-8-18(11-13,12-14)17(20)10-16(19)15-5-3-2-4-6-15/h7,13,15H,2-6,8-12H2,1H3. The van der Waals surface area contributed by atoms with E-state index in [1.807, 2.05) is 0 Å². The predicted octanol–water partition coefficient (Wildman–Crippen LogP) is 4.23. The van der Waals surface area contributed by atoms with Gasteiger partial charge in [-0.1, -0.05) is 37.8 Å². The van der Waals surface area contributed by atoms with Crippen LogP contribution in [-0.2, 0) is 9.59 Å². The van der Waals surface area contributed by atoms with E-state index in [0.29, 0.717) is 5.92 Å². The first-order chi connectivity index (χ1) is 9.59. The molecule has 0 heterocycles. The molecule has 2 fully saturated rings. The average molecular weight is 274 g/mol. The maximum absolute atomic E-state index is 12.7. The molecule has 110 valence electrons. The van der Waals surface area contributed by atoms with E-state index in [4.69, 9.17) is 0 Å². The smallest absolute Gasteiger partial charge is 0.147 e. The van der Waals surface area contributed by atoms with E-state index in [1.54, 1.807) is 0 Å². The second-order valence-corrected chi connectivity index (χ2v) is 7.44. The topological polar surface area (TPSA) is 34.1 Å². The van der Waals surface area contributed by atoms with Crippen molar-refractivity contribution < 1.29 is 9.59 Å². The first kappa shape index (κ1) is 14.0. The van der Waals surface area contributed by atoms with Gasteiger partial charge in [-0.15, -0.1) is 0 Å². The van der Waals surface area contributed by atoms with Gasteiger partial charge in [0.05, 0.1) is 6.42 Å². The van der Waals surface area contributed by atoms with E-state index in [9.17, 15) is 9.59 Å². The predicted molar refractivity (Wildman–Crippen MR) is 79.4 cm³/mol. The van der Waals surface area contributed by atoms with Crippen LogP contribution in [0.5, 0.6) is 0 Å². The van der Waals surface area contributed by atoms with Gasteiger partial charge in [0, 0.05) is 11.3 Å². The fourth-order valence-corrected chi connectivity index (χ4v) is 4.66. The largest absolute Gasteiger partial charge is 0.299 e. The van der Waals surface area contributed by atoms with E-state index in [0.717, 1.165) is 38.5 Å². The summed E-state index contributed by atoms with van der Waals surface area (Å²) in [7, 11) is 0. The first-order valence-electron chi connectivity index (χ1n) is 8.33. The highest BCUT2D eigenvalue weighted by molar-refractivity contribution is 6.03. The van der Waals surface area contributed by atoms with Gasteiger partial charge >= 0.3 is 0 Å². The molecular weight excluding hydrogens is 248 g/mol. The SMILES string of the molecule is CC1CC2=CCC(C(=O)CC(=O)C3CCCCC3)(C2)C1. The number of allylic oxidation sites excluding steroid dienone is 2. The van der Waals surface area contributed by atoms with Crippen molar-refractivity contribution in [3.8, 4) is 0 Å². The van der Waals surface area contributed by atoms with Crippen molar-refractivity contribution in [1.82, 2.24) is 0 Å². The van der Waals surface area contributed by atoms with E-state index in [2.05, 4.69) is 13.0 Å². The fourth-order valence-electron chi connectivity index (χ4n) is 4.66. The van der Waals surface area contributed by atoms with Crippen LogP contribution in [0, 0.1) is 17.3 Å². The van der Waals surface area contributed by atoms with E-state index in [1.165, 1.54) is 24.8 Å².